The van der Waals surface area contributed by atoms with Gasteiger partial charge < -0.3 is 5.32 Å². The lowest BCUT2D eigenvalue weighted by atomic mass is 9.96. The number of likely N-dealkylation sites (tertiary alicyclic amines) is 1. The van der Waals surface area contributed by atoms with Gasteiger partial charge in [-0.2, -0.15) is 0 Å². The number of piperidine rings is 1. The summed E-state index contributed by atoms with van der Waals surface area (Å²) in [5, 5.41) is 3.46. The molecule has 0 aliphatic carbocycles. The minimum absolute atomic E-state index is 0.824. The summed E-state index contributed by atoms with van der Waals surface area (Å²) in [6, 6.07) is 1.65. The van der Waals surface area contributed by atoms with E-state index in [1.165, 1.54) is 58.2 Å². The minimum atomic E-state index is 0.824. The highest BCUT2D eigenvalue weighted by molar-refractivity contribution is 4.80. The Labute approximate surface area is 101 Å². The van der Waals surface area contributed by atoms with Crippen molar-refractivity contribution in [3.8, 4) is 0 Å². The normalized spacial score (nSPS) is 36.8. The van der Waals surface area contributed by atoms with Crippen molar-refractivity contribution in [3.63, 3.8) is 0 Å². The molecule has 0 aromatic carbocycles. The molecule has 0 saturated carbocycles. The van der Waals surface area contributed by atoms with Crippen molar-refractivity contribution < 1.29 is 0 Å². The molecule has 0 amide bonds. The Balaban J connectivity index is 1.67. The van der Waals surface area contributed by atoms with Gasteiger partial charge in [0.05, 0.1) is 0 Å². The van der Waals surface area contributed by atoms with Gasteiger partial charge in [0.25, 0.3) is 0 Å². The Morgan fingerprint density at radius 2 is 1.88 bits per heavy atom. The van der Waals surface area contributed by atoms with Crippen LogP contribution in [0.4, 0.5) is 0 Å². The highest BCUT2D eigenvalue weighted by atomic mass is 15.2. The van der Waals surface area contributed by atoms with Crippen LogP contribution in [0, 0.1) is 5.92 Å². The predicted molar refractivity (Wildman–Crippen MR) is 69.7 cm³/mol. The smallest absolute Gasteiger partial charge is 0.00697 e. The van der Waals surface area contributed by atoms with Crippen LogP contribution >= 0.6 is 0 Å². The second kappa shape index (κ2) is 6.02. The van der Waals surface area contributed by atoms with E-state index in [9.17, 15) is 0 Å². The topological polar surface area (TPSA) is 15.3 Å². The Kier molecular flexibility index (Phi) is 4.66. The number of nitrogens with zero attached hydrogens (tertiary/aromatic N) is 1. The van der Waals surface area contributed by atoms with Crippen molar-refractivity contribution >= 4 is 0 Å². The quantitative estimate of drug-likeness (QED) is 0.790. The van der Waals surface area contributed by atoms with Gasteiger partial charge in [0.2, 0.25) is 0 Å². The van der Waals surface area contributed by atoms with Gasteiger partial charge in [-0.25, -0.2) is 0 Å². The molecule has 2 rings (SSSR count). The van der Waals surface area contributed by atoms with Gasteiger partial charge in [-0.05, 0) is 71.5 Å². The van der Waals surface area contributed by atoms with Crippen LogP contribution in [0.3, 0.4) is 0 Å². The molecule has 2 heteroatoms. The van der Waals surface area contributed by atoms with Crippen LogP contribution in [0.1, 0.15) is 52.4 Å². The van der Waals surface area contributed by atoms with Crippen LogP contribution in [-0.4, -0.2) is 36.6 Å². The van der Waals surface area contributed by atoms with Gasteiger partial charge in [-0.3, -0.25) is 4.90 Å². The first kappa shape index (κ1) is 12.4. The molecule has 2 nitrogen and oxygen atoms in total. The van der Waals surface area contributed by atoms with Crippen molar-refractivity contribution in [2.45, 2.75) is 64.5 Å². The first-order valence-electron chi connectivity index (χ1n) is 7.24. The lowest BCUT2D eigenvalue weighted by Gasteiger charge is -2.39. The van der Waals surface area contributed by atoms with E-state index >= 15 is 0 Å². The lowest BCUT2D eigenvalue weighted by molar-refractivity contribution is 0.0999. The molecule has 0 aromatic rings. The SMILES string of the molecule is CC1CCCC(C)N1CCCC1CCNC1. The van der Waals surface area contributed by atoms with Crippen LogP contribution in [0.5, 0.6) is 0 Å². The van der Waals surface area contributed by atoms with E-state index in [1.807, 2.05) is 0 Å². The zero-order chi connectivity index (χ0) is 11.4. The molecule has 2 heterocycles. The maximum atomic E-state index is 3.46. The molecule has 3 atom stereocenters. The largest absolute Gasteiger partial charge is 0.316 e. The van der Waals surface area contributed by atoms with Gasteiger partial charge in [0.1, 0.15) is 0 Å². The predicted octanol–water partition coefficient (Wildman–Crippen LogP) is 2.64. The van der Waals surface area contributed by atoms with Crippen molar-refractivity contribution in [2.24, 2.45) is 5.92 Å². The number of rotatable bonds is 4. The van der Waals surface area contributed by atoms with Gasteiger partial charge in [0.15, 0.2) is 0 Å². The van der Waals surface area contributed by atoms with Crippen molar-refractivity contribution in [1.29, 1.82) is 0 Å². The Hall–Kier alpha value is -0.0800. The number of hydrogen-bond donors (Lipinski definition) is 1. The van der Waals surface area contributed by atoms with Crippen molar-refractivity contribution in [1.82, 2.24) is 10.2 Å². The van der Waals surface area contributed by atoms with Crippen LogP contribution in [0.2, 0.25) is 0 Å². The van der Waals surface area contributed by atoms with Crippen LogP contribution in [0.15, 0.2) is 0 Å². The lowest BCUT2D eigenvalue weighted by Crippen LogP contribution is -2.44. The van der Waals surface area contributed by atoms with E-state index < -0.39 is 0 Å². The summed E-state index contributed by atoms with van der Waals surface area (Å²) in [6.45, 7) is 8.67. The van der Waals surface area contributed by atoms with E-state index in [-0.39, 0.29) is 0 Å². The molecule has 94 valence electrons. The maximum absolute atomic E-state index is 3.46. The second-order valence-electron chi connectivity index (χ2n) is 5.87. The Bertz CT molecular complexity index is 189. The molecule has 0 spiro atoms. The molecule has 2 aliphatic heterocycles. The van der Waals surface area contributed by atoms with Crippen LogP contribution in [0.25, 0.3) is 0 Å². The van der Waals surface area contributed by atoms with Gasteiger partial charge in [-0.1, -0.05) is 6.42 Å². The van der Waals surface area contributed by atoms with Gasteiger partial charge in [0, 0.05) is 12.1 Å². The summed E-state index contributed by atoms with van der Waals surface area (Å²) in [5.74, 6) is 0.968. The molecule has 16 heavy (non-hydrogen) atoms. The zero-order valence-electron chi connectivity index (χ0n) is 11.0. The summed E-state index contributed by atoms with van der Waals surface area (Å²) >= 11 is 0. The Morgan fingerprint density at radius 3 is 2.50 bits per heavy atom. The van der Waals surface area contributed by atoms with E-state index in [0.29, 0.717) is 0 Å². The molecule has 0 aromatic heterocycles. The van der Waals surface area contributed by atoms with Crippen molar-refractivity contribution in [2.75, 3.05) is 19.6 Å². The molecular weight excluding hydrogens is 196 g/mol. The van der Waals surface area contributed by atoms with E-state index in [0.717, 1.165) is 18.0 Å². The highest BCUT2D eigenvalue weighted by Crippen LogP contribution is 2.23. The third kappa shape index (κ3) is 3.21. The monoisotopic (exact) mass is 224 g/mol. The molecule has 2 fully saturated rings. The summed E-state index contributed by atoms with van der Waals surface area (Å²) in [4.78, 5) is 2.74. The summed E-state index contributed by atoms with van der Waals surface area (Å²) < 4.78 is 0. The average molecular weight is 224 g/mol. The number of hydrogen-bond acceptors (Lipinski definition) is 2. The summed E-state index contributed by atoms with van der Waals surface area (Å²) in [7, 11) is 0. The van der Waals surface area contributed by atoms with Gasteiger partial charge >= 0.3 is 0 Å². The number of nitrogens with one attached hydrogen (secondary N) is 1. The second-order valence-corrected chi connectivity index (χ2v) is 5.87. The molecule has 2 saturated heterocycles. The molecule has 1 N–H and O–H groups in total. The fourth-order valence-corrected chi connectivity index (χ4v) is 3.44. The van der Waals surface area contributed by atoms with E-state index in [4.69, 9.17) is 0 Å². The first-order valence-corrected chi connectivity index (χ1v) is 7.24. The van der Waals surface area contributed by atoms with E-state index in [2.05, 4.69) is 24.1 Å². The Morgan fingerprint density at radius 1 is 1.12 bits per heavy atom. The third-order valence-electron chi connectivity index (χ3n) is 4.57. The van der Waals surface area contributed by atoms with Crippen LogP contribution < -0.4 is 5.32 Å². The van der Waals surface area contributed by atoms with Gasteiger partial charge in [-0.15, -0.1) is 0 Å². The molecule has 0 bridgehead atoms. The fourth-order valence-electron chi connectivity index (χ4n) is 3.44. The molecule has 0 radical (unpaired) electrons. The highest BCUT2D eigenvalue weighted by Gasteiger charge is 2.24. The van der Waals surface area contributed by atoms with Crippen molar-refractivity contribution in [3.05, 3.63) is 0 Å². The standard InChI is InChI=1S/C14H28N2/c1-12-5-3-6-13(2)16(12)10-4-7-14-8-9-15-11-14/h12-15H,3-11H2,1-2H3. The summed E-state index contributed by atoms with van der Waals surface area (Å²) in [5.41, 5.74) is 0. The maximum Gasteiger partial charge on any atom is 0.00697 e. The average Bonchev–Trinajstić information content (AvgIpc) is 2.75. The molecule has 3 unspecified atom stereocenters. The fraction of sp³-hybridized carbons (Fsp3) is 1.00. The zero-order valence-corrected chi connectivity index (χ0v) is 11.0. The first-order chi connectivity index (χ1) is 7.77. The minimum Gasteiger partial charge on any atom is -0.316 e. The molecule has 2 aliphatic rings. The molecular formula is C14H28N2. The third-order valence-corrected chi connectivity index (χ3v) is 4.57. The summed E-state index contributed by atoms with van der Waals surface area (Å²) in [6.07, 6.45) is 8.51. The van der Waals surface area contributed by atoms with Crippen LogP contribution in [-0.2, 0) is 0 Å². The van der Waals surface area contributed by atoms with E-state index in [1.54, 1.807) is 0 Å².